The van der Waals surface area contributed by atoms with Crippen LogP contribution in [0, 0.1) is 0 Å². The zero-order valence-corrected chi connectivity index (χ0v) is 36.9. The Balaban J connectivity index is 0.918. The first kappa shape index (κ1) is 38.2. The molecule has 0 spiro atoms. The molecule has 0 atom stereocenters. The second-order valence-corrected chi connectivity index (χ2v) is 17.7. The number of hydrogen-bond acceptors (Lipinski definition) is 2. The average Bonchev–Trinajstić information content (AvgIpc) is 4.06. The zero-order chi connectivity index (χ0) is 44.7. The SMILES string of the molecule is c1cc(-c2ccc(N(c3ccc(-n4c5ccccc5c5ccccc54)cc3)c3ccccc3-c3cccc4c3oc3cc5ccccc5cc34)cc2)cc(-n2c3ccccc3c3ccccc32)c1. The fraction of sp³-hybridized carbons (Fsp3) is 0. The highest BCUT2D eigenvalue weighted by Crippen LogP contribution is 2.46. The number of rotatable bonds is 7. The van der Waals surface area contributed by atoms with Crippen molar-refractivity contribution in [3.05, 3.63) is 249 Å². The summed E-state index contributed by atoms with van der Waals surface area (Å²) in [5.74, 6) is 0. The Morgan fingerprint density at radius 1 is 0.309 bits per heavy atom. The van der Waals surface area contributed by atoms with Crippen LogP contribution in [0.15, 0.2) is 253 Å². The molecule has 318 valence electrons. The van der Waals surface area contributed by atoms with Crippen molar-refractivity contribution in [2.45, 2.75) is 0 Å². The first-order valence-electron chi connectivity index (χ1n) is 23.2. The zero-order valence-electron chi connectivity index (χ0n) is 36.9. The maximum Gasteiger partial charge on any atom is 0.143 e. The van der Waals surface area contributed by atoms with Gasteiger partial charge in [-0.1, -0.05) is 158 Å². The molecule has 11 aromatic carbocycles. The van der Waals surface area contributed by atoms with Crippen LogP contribution in [0.3, 0.4) is 0 Å². The molecule has 4 heteroatoms. The minimum Gasteiger partial charge on any atom is -0.455 e. The molecule has 14 aromatic rings. The molecular formula is C64H41N3O. The van der Waals surface area contributed by atoms with Gasteiger partial charge in [0.25, 0.3) is 0 Å². The van der Waals surface area contributed by atoms with E-state index in [1.54, 1.807) is 0 Å². The molecule has 0 unspecified atom stereocenters. The van der Waals surface area contributed by atoms with Gasteiger partial charge in [-0.25, -0.2) is 0 Å². The number of aromatic nitrogens is 2. The molecule has 0 aliphatic rings. The predicted octanol–water partition coefficient (Wildman–Crippen LogP) is 17.7. The van der Waals surface area contributed by atoms with Crippen LogP contribution in [0.25, 0.3) is 110 Å². The van der Waals surface area contributed by atoms with Crippen molar-refractivity contribution in [3.63, 3.8) is 0 Å². The van der Waals surface area contributed by atoms with Gasteiger partial charge in [0.05, 0.1) is 27.8 Å². The van der Waals surface area contributed by atoms with Crippen LogP contribution in [0.2, 0.25) is 0 Å². The molecule has 0 N–H and O–H groups in total. The van der Waals surface area contributed by atoms with Gasteiger partial charge >= 0.3 is 0 Å². The van der Waals surface area contributed by atoms with E-state index in [1.807, 2.05) is 0 Å². The van der Waals surface area contributed by atoms with E-state index in [0.717, 1.165) is 72.6 Å². The second kappa shape index (κ2) is 15.2. The molecule has 3 aromatic heterocycles. The topological polar surface area (TPSA) is 26.2 Å². The lowest BCUT2D eigenvalue weighted by molar-refractivity contribution is 0.670. The van der Waals surface area contributed by atoms with Crippen LogP contribution < -0.4 is 4.90 Å². The van der Waals surface area contributed by atoms with Crippen molar-refractivity contribution in [2.75, 3.05) is 4.90 Å². The van der Waals surface area contributed by atoms with Crippen molar-refractivity contribution in [1.82, 2.24) is 9.13 Å². The molecular weight excluding hydrogens is 827 g/mol. The van der Waals surface area contributed by atoms with Crippen molar-refractivity contribution >= 4 is 93.4 Å². The molecule has 4 nitrogen and oxygen atoms in total. The molecule has 0 saturated carbocycles. The predicted molar refractivity (Wildman–Crippen MR) is 285 cm³/mol. The van der Waals surface area contributed by atoms with Crippen LogP contribution in [0.4, 0.5) is 17.1 Å². The third kappa shape index (κ3) is 5.94. The van der Waals surface area contributed by atoms with E-state index in [0.29, 0.717) is 0 Å². The summed E-state index contributed by atoms with van der Waals surface area (Å²) in [5, 5.41) is 9.59. The first-order valence-corrected chi connectivity index (χ1v) is 23.2. The summed E-state index contributed by atoms with van der Waals surface area (Å²) in [6.07, 6.45) is 0. The standard InChI is InChI=1S/C64H41N3O/c1-2-16-45-41-63-57(40-44(45)15-1)56-25-14-24-55(64(56)68-63)54-23-7-8-26-58(54)65(47-35-37-48(38-36-47)66-59-27-9-3-19-50(59)51-20-4-10-28-60(51)66)46-33-31-42(32-34-46)43-17-13-18-49(39-43)67-61-29-11-5-21-52(61)53-22-6-12-30-62(53)67/h1-41H. The molecule has 0 bridgehead atoms. The number of nitrogens with zero attached hydrogens (tertiary/aromatic N) is 3. The normalized spacial score (nSPS) is 11.8. The summed E-state index contributed by atoms with van der Waals surface area (Å²) in [6, 6.07) is 89.9. The van der Waals surface area contributed by atoms with Crippen molar-refractivity contribution in [2.24, 2.45) is 0 Å². The maximum absolute atomic E-state index is 6.85. The Labute approximate surface area is 392 Å². The van der Waals surface area contributed by atoms with Crippen molar-refractivity contribution in [1.29, 1.82) is 0 Å². The number of hydrogen-bond donors (Lipinski definition) is 0. The van der Waals surface area contributed by atoms with Gasteiger partial charge in [0, 0.05) is 66.2 Å². The molecule has 3 heterocycles. The van der Waals surface area contributed by atoms with Crippen LogP contribution in [-0.4, -0.2) is 9.13 Å². The Kier molecular flexibility index (Phi) is 8.55. The maximum atomic E-state index is 6.85. The smallest absolute Gasteiger partial charge is 0.143 e. The second-order valence-electron chi connectivity index (χ2n) is 17.7. The highest BCUT2D eigenvalue weighted by molar-refractivity contribution is 6.14. The summed E-state index contributed by atoms with van der Waals surface area (Å²) < 4.78 is 11.6. The lowest BCUT2D eigenvalue weighted by Crippen LogP contribution is -2.11. The molecule has 0 aliphatic heterocycles. The highest BCUT2D eigenvalue weighted by Gasteiger charge is 2.22. The highest BCUT2D eigenvalue weighted by atomic mass is 16.3. The molecule has 0 radical (unpaired) electrons. The van der Waals surface area contributed by atoms with Gasteiger partial charge < -0.3 is 18.5 Å². The number of furan rings is 1. The van der Waals surface area contributed by atoms with Crippen molar-refractivity contribution in [3.8, 4) is 33.6 Å². The van der Waals surface area contributed by atoms with Crippen LogP contribution in [-0.2, 0) is 0 Å². The lowest BCUT2D eigenvalue weighted by atomic mass is 9.98. The molecule has 0 aliphatic carbocycles. The first-order chi connectivity index (χ1) is 33.7. The van der Waals surface area contributed by atoms with Crippen LogP contribution in [0.5, 0.6) is 0 Å². The van der Waals surface area contributed by atoms with Crippen molar-refractivity contribution < 1.29 is 4.42 Å². The fourth-order valence-corrected chi connectivity index (χ4v) is 10.8. The summed E-state index contributed by atoms with van der Waals surface area (Å²) in [6.45, 7) is 0. The van der Waals surface area contributed by atoms with Gasteiger partial charge in [-0.3, -0.25) is 0 Å². The summed E-state index contributed by atoms with van der Waals surface area (Å²) >= 11 is 0. The van der Waals surface area contributed by atoms with E-state index in [1.165, 1.54) is 54.4 Å². The van der Waals surface area contributed by atoms with Gasteiger partial charge in [0.2, 0.25) is 0 Å². The molecule has 0 saturated heterocycles. The van der Waals surface area contributed by atoms with E-state index in [4.69, 9.17) is 4.42 Å². The third-order valence-electron chi connectivity index (χ3n) is 13.9. The number of benzene rings is 11. The Hall–Kier alpha value is -9.12. The van der Waals surface area contributed by atoms with E-state index in [9.17, 15) is 0 Å². The molecule has 14 rings (SSSR count). The van der Waals surface area contributed by atoms with Crippen LogP contribution >= 0.6 is 0 Å². The molecule has 0 amide bonds. The lowest BCUT2D eigenvalue weighted by Gasteiger charge is -2.28. The monoisotopic (exact) mass is 867 g/mol. The molecule has 0 fully saturated rings. The van der Waals surface area contributed by atoms with E-state index >= 15 is 0 Å². The summed E-state index contributed by atoms with van der Waals surface area (Å²) in [5.41, 5.74) is 16.4. The summed E-state index contributed by atoms with van der Waals surface area (Å²) in [7, 11) is 0. The van der Waals surface area contributed by atoms with E-state index in [2.05, 4.69) is 263 Å². The van der Waals surface area contributed by atoms with Gasteiger partial charge in [-0.15, -0.1) is 0 Å². The minimum absolute atomic E-state index is 0.880. The molecule has 68 heavy (non-hydrogen) atoms. The number of para-hydroxylation sites is 6. The van der Waals surface area contributed by atoms with Gasteiger partial charge in [0.15, 0.2) is 0 Å². The number of anilines is 3. The Morgan fingerprint density at radius 3 is 1.43 bits per heavy atom. The Bertz CT molecular complexity index is 4160. The fourth-order valence-electron chi connectivity index (χ4n) is 10.8. The van der Waals surface area contributed by atoms with Crippen LogP contribution in [0.1, 0.15) is 0 Å². The largest absolute Gasteiger partial charge is 0.455 e. The van der Waals surface area contributed by atoms with Gasteiger partial charge in [-0.05, 0) is 113 Å². The van der Waals surface area contributed by atoms with E-state index < -0.39 is 0 Å². The minimum atomic E-state index is 0.880. The average molecular weight is 868 g/mol. The number of fused-ring (bicyclic) bond motifs is 10. The Morgan fingerprint density at radius 2 is 0.794 bits per heavy atom. The quantitative estimate of drug-likeness (QED) is 0.160. The van der Waals surface area contributed by atoms with E-state index in [-0.39, 0.29) is 0 Å². The summed E-state index contributed by atoms with van der Waals surface area (Å²) in [4.78, 5) is 2.39. The van der Waals surface area contributed by atoms with Gasteiger partial charge in [0.1, 0.15) is 11.2 Å². The third-order valence-corrected chi connectivity index (χ3v) is 13.9. The van der Waals surface area contributed by atoms with Gasteiger partial charge in [-0.2, -0.15) is 0 Å².